The van der Waals surface area contributed by atoms with Crippen molar-refractivity contribution in [2.45, 2.75) is 6.92 Å². The predicted octanol–water partition coefficient (Wildman–Crippen LogP) is 3.66. The molecule has 0 saturated heterocycles. The maximum absolute atomic E-state index is 8.74. The molecule has 19 heavy (non-hydrogen) atoms. The molecule has 0 atom stereocenters. The molecule has 3 aromatic carbocycles. The third-order valence-corrected chi connectivity index (χ3v) is 2.96. The molecular weight excluding hydrogens is 259 g/mol. The van der Waals surface area contributed by atoms with Crippen molar-refractivity contribution >= 4 is 29.8 Å². The summed E-state index contributed by atoms with van der Waals surface area (Å²) in [6.45, 7) is 2.16. The van der Waals surface area contributed by atoms with Crippen LogP contribution in [0.5, 0.6) is 0 Å². The van der Waals surface area contributed by atoms with Crippen LogP contribution >= 0.6 is 8.25 Å². The topological polar surface area (TPSA) is 57.5 Å². The first-order valence-corrected chi connectivity index (χ1v) is 7.18. The van der Waals surface area contributed by atoms with E-state index >= 15 is 0 Å². The van der Waals surface area contributed by atoms with Crippen LogP contribution in [-0.4, -0.2) is 9.79 Å². The predicted molar refractivity (Wildman–Crippen MR) is 79.6 cm³/mol. The highest BCUT2D eigenvalue weighted by atomic mass is 31.1. The second-order valence-electron chi connectivity index (χ2n) is 4.28. The molecule has 3 rings (SSSR count). The molecule has 0 heterocycles. The van der Waals surface area contributed by atoms with E-state index in [9.17, 15) is 0 Å². The average Bonchev–Trinajstić information content (AvgIpc) is 2.37. The number of aryl methyl sites for hydroxylation is 1. The van der Waals surface area contributed by atoms with Crippen LogP contribution in [0.1, 0.15) is 5.56 Å². The minimum Gasteiger partial charge on any atom is -0.326 e. The molecule has 3 nitrogen and oxygen atoms in total. The van der Waals surface area contributed by atoms with Crippen LogP contribution in [-0.2, 0) is 4.57 Å². The monoisotopic (exact) mass is 274 g/mol. The van der Waals surface area contributed by atoms with Gasteiger partial charge in [-0.05, 0) is 46.2 Å². The lowest BCUT2D eigenvalue weighted by Gasteiger charge is -2.04. The van der Waals surface area contributed by atoms with Crippen LogP contribution in [0.15, 0.2) is 54.6 Å². The molecule has 2 N–H and O–H groups in total. The Hall–Kier alpha value is -1.67. The summed E-state index contributed by atoms with van der Waals surface area (Å²) in [6.07, 6.45) is 0. The van der Waals surface area contributed by atoms with Crippen LogP contribution in [0, 0.1) is 6.92 Å². The molecule has 3 aromatic rings. The van der Waals surface area contributed by atoms with Crippen molar-refractivity contribution < 1.29 is 14.4 Å². The van der Waals surface area contributed by atoms with Crippen molar-refractivity contribution in [2.75, 3.05) is 0 Å². The summed E-state index contributed by atoms with van der Waals surface area (Å²) in [5.41, 5.74) is 1.35. The molecule has 0 amide bonds. The molecule has 0 aliphatic heterocycles. The van der Waals surface area contributed by atoms with Gasteiger partial charge in [0.05, 0.1) is 0 Å². The van der Waals surface area contributed by atoms with Crippen LogP contribution in [0.2, 0.25) is 0 Å². The second kappa shape index (κ2) is 5.98. The van der Waals surface area contributed by atoms with E-state index in [4.69, 9.17) is 14.4 Å². The fourth-order valence-corrected chi connectivity index (χ4v) is 2.12. The minimum atomic E-state index is -3.13. The van der Waals surface area contributed by atoms with Crippen LogP contribution in [0.4, 0.5) is 0 Å². The molecule has 0 bridgehead atoms. The quantitative estimate of drug-likeness (QED) is 0.486. The van der Waals surface area contributed by atoms with Gasteiger partial charge in [0.1, 0.15) is 0 Å². The smallest absolute Gasteiger partial charge is 0.314 e. The van der Waals surface area contributed by atoms with E-state index in [2.05, 4.69) is 61.5 Å². The summed E-state index contributed by atoms with van der Waals surface area (Å²) in [7, 11) is -3.13. The number of rotatable bonds is 0. The fraction of sp³-hybridized carbons (Fsp3) is 0.0667. The van der Waals surface area contributed by atoms with E-state index < -0.39 is 8.25 Å². The molecule has 0 aliphatic carbocycles. The molecule has 0 radical (unpaired) electrons. The van der Waals surface area contributed by atoms with Gasteiger partial charge in [-0.25, -0.2) is 0 Å². The van der Waals surface area contributed by atoms with Crippen LogP contribution in [0.3, 0.4) is 0 Å². The molecule has 0 unspecified atom stereocenters. The zero-order valence-corrected chi connectivity index (χ0v) is 11.5. The third-order valence-electron chi connectivity index (χ3n) is 2.96. The zero-order valence-electron chi connectivity index (χ0n) is 10.5. The number of hydrogen-bond acceptors (Lipinski definition) is 1. The normalized spacial score (nSPS) is 10.5. The first-order valence-electron chi connectivity index (χ1n) is 5.88. The van der Waals surface area contributed by atoms with E-state index in [1.165, 1.54) is 27.1 Å². The highest BCUT2D eigenvalue weighted by Gasteiger charge is 1.98. The molecular formula is C15H15O3P. The van der Waals surface area contributed by atoms with Gasteiger partial charge in [0, 0.05) is 0 Å². The first kappa shape index (κ1) is 13.8. The Bertz CT molecular complexity index is 734. The van der Waals surface area contributed by atoms with Gasteiger partial charge in [-0.3, -0.25) is 4.57 Å². The average molecular weight is 274 g/mol. The Morgan fingerprint density at radius 1 is 0.842 bits per heavy atom. The van der Waals surface area contributed by atoms with E-state index in [0.29, 0.717) is 0 Å². The number of fused-ring (bicyclic) bond motifs is 2. The highest BCUT2D eigenvalue weighted by molar-refractivity contribution is 7.30. The van der Waals surface area contributed by atoms with Crippen molar-refractivity contribution in [3.05, 3.63) is 60.2 Å². The van der Waals surface area contributed by atoms with Gasteiger partial charge >= 0.3 is 8.25 Å². The Labute approximate surface area is 112 Å². The summed E-state index contributed by atoms with van der Waals surface area (Å²) in [5, 5.41) is 5.32. The second-order valence-corrected chi connectivity index (χ2v) is 4.84. The van der Waals surface area contributed by atoms with Gasteiger partial charge in [0.2, 0.25) is 0 Å². The maximum Gasteiger partial charge on any atom is 0.314 e. The molecule has 98 valence electrons. The van der Waals surface area contributed by atoms with Gasteiger partial charge in [-0.15, -0.1) is 0 Å². The van der Waals surface area contributed by atoms with Crippen LogP contribution < -0.4 is 0 Å². The summed E-state index contributed by atoms with van der Waals surface area (Å²) in [6, 6.07) is 19.5. The lowest BCUT2D eigenvalue weighted by Crippen LogP contribution is -1.79. The summed E-state index contributed by atoms with van der Waals surface area (Å²) >= 11 is 0. The van der Waals surface area contributed by atoms with Crippen molar-refractivity contribution in [3.8, 4) is 0 Å². The lowest BCUT2D eigenvalue weighted by molar-refractivity contribution is 0.405. The molecule has 0 saturated carbocycles. The summed E-state index contributed by atoms with van der Waals surface area (Å²) in [5.74, 6) is 0. The Morgan fingerprint density at radius 3 is 2.00 bits per heavy atom. The molecule has 0 aliphatic rings. The minimum absolute atomic E-state index is 1.32. The maximum atomic E-state index is 8.74. The van der Waals surface area contributed by atoms with E-state index in [0.717, 1.165) is 0 Å². The lowest BCUT2D eigenvalue weighted by atomic mass is 10.0. The Kier molecular flexibility index (Phi) is 4.33. The van der Waals surface area contributed by atoms with Crippen LogP contribution in [0.25, 0.3) is 21.5 Å². The van der Waals surface area contributed by atoms with E-state index in [1.54, 1.807) is 0 Å². The van der Waals surface area contributed by atoms with Crippen molar-refractivity contribution in [2.24, 2.45) is 0 Å². The molecule has 0 spiro atoms. The fourth-order valence-electron chi connectivity index (χ4n) is 2.12. The molecule has 0 fully saturated rings. The van der Waals surface area contributed by atoms with E-state index in [-0.39, 0.29) is 0 Å². The Morgan fingerprint density at radius 2 is 1.37 bits per heavy atom. The summed E-state index contributed by atoms with van der Waals surface area (Å²) in [4.78, 5) is 14.3. The number of hydrogen-bond donors (Lipinski definition) is 2. The van der Waals surface area contributed by atoms with Crippen molar-refractivity contribution in [1.29, 1.82) is 0 Å². The third kappa shape index (κ3) is 3.42. The molecule has 4 heteroatoms. The van der Waals surface area contributed by atoms with E-state index in [1.807, 2.05) is 0 Å². The number of benzene rings is 3. The van der Waals surface area contributed by atoms with Gasteiger partial charge < -0.3 is 9.79 Å². The Balaban J connectivity index is 0.000000297. The largest absolute Gasteiger partial charge is 0.326 e. The van der Waals surface area contributed by atoms with Gasteiger partial charge in [-0.2, -0.15) is 0 Å². The summed E-state index contributed by atoms with van der Waals surface area (Å²) < 4.78 is 8.74. The highest BCUT2D eigenvalue weighted by Crippen LogP contribution is 2.24. The van der Waals surface area contributed by atoms with Crippen molar-refractivity contribution in [1.82, 2.24) is 0 Å². The standard InChI is InChI=1S/C15H12.H3O3P/c1-11-5-4-8-14-9-12-6-2-3-7-13(12)10-15(11)14;1-4(2)3/h2-10H,1H3;4H,(H2,1,2,3). The SMILES string of the molecule is Cc1cccc2cc3ccccc3cc12.O=[PH](O)O. The van der Waals surface area contributed by atoms with Crippen molar-refractivity contribution in [3.63, 3.8) is 0 Å². The van der Waals surface area contributed by atoms with Gasteiger partial charge in [-0.1, -0.05) is 42.5 Å². The van der Waals surface area contributed by atoms with Gasteiger partial charge in [0.25, 0.3) is 0 Å². The first-order chi connectivity index (χ1) is 9.08. The van der Waals surface area contributed by atoms with Gasteiger partial charge in [0.15, 0.2) is 0 Å². The molecule has 0 aromatic heterocycles. The zero-order chi connectivity index (χ0) is 13.8.